The molecule has 0 saturated heterocycles. The average Bonchev–Trinajstić information content (AvgIpc) is 2.23. The van der Waals surface area contributed by atoms with Crippen LogP contribution < -0.4 is 5.32 Å². The standard InChI is InChI=1S/C9H9BrN4/c10-8-1-2-9(13-14-11)7-5-12-4-3-6(7)8/h1-2,12H,3-5H2. The van der Waals surface area contributed by atoms with E-state index >= 15 is 0 Å². The summed E-state index contributed by atoms with van der Waals surface area (Å²) in [5.41, 5.74) is 11.5. The van der Waals surface area contributed by atoms with Gasteiger partial charge in [-0.15, -0.1) is 0 Å². The molecular formula is C9H9BrN4. The Balaban J connectivity index is 2.58. The molecule has 0 fully saturated rings. The zero-order chi connectivity index (χ0) is 9.97. The molecule has 4 nitrogen and oxygen atoms in total. The Kier molecular flexibility index (Phi) is 2.72. The number of halogens is 1. The number of nitrogens with one attached hydrogen (secondary N) is 1. The van der Waals surface area contributed by atoms with Crippen molar-refractivity contribution < 1.29 is 0 Å². The molecule has 0 unspecified atom stereocenters. The zero-order valence-electron chi connectivity index (χ0n) is 7.50. The molecule has 0 saturated carbocycles. The Hall–Kier alpha value is -1.03. The first kappa shape index (κ1) is 9.52. The van der Waals surface area contributed by atoms with Gasteiger partial charge in [-0.3, -0.25) is 0 Å². The number of rotatable bonds is 1. The Labute approximate surface area is 90.1 Å². The van der Waals surface area contributed by atoms with Gasteiger partial charge in [0.25, 0.3) is 0 Å². The van der Waals surface area contributed by atoms with Crippen molar-refractivity contribution in [3.63, 3.8) is 0 Å². The molecule has 1 aromatic carbocycles. The normalized spacial score (nSPS) is 14.4. The lowest BCUT2D eigenvalue weighted by Gasteiger charge is -2.19. The molecule has 0 spiro atoms. The molecule has 1 aliphatic rings. The van der Waals surface area contributed by atoms with E-state index in [0.717, 1.165) is 35.2 Å². The van der Waals surface area contributed by atoms with Crippen LogP contribution in [0.3, 0.4) is 0 Å². The van der Waals surface area contributed by atoms with E-state index in [1.807, 2.05) is 12.1 Å². The number of azide groups is 1. The first-order valence-corrected chi connectivity index (χ1v) is 5.18. The SMILES string of the molecule is [N-]=[N+]=Nc1ccc(Br)c2c1CNCC2. The summed E-state index contributed by atoms with van der Waals surface area (Å²) in [6, 6.07) is 3.78. The van der Waals surface area contributed by atoms with Gasteiger partial charge in [0.05, 0.1) is 0 Å². The molecule has 0 radical (unpaired) electrons. The number of fused-ring (bicyclic) bond motifs is 1. The van der Waals surface area contributed by atoms with Gasteiger partial charge in [-0.05, 0) is 35.7 Å². The largest absolute Gasteiger partial charge is 0.312 e. The monoisotopic (exact) mass is 252 g/mol. The lowest BCUT2D eigenvalue weighted by atomic mass is 10.00. The minimum absolute atomic E-state index is 0.734. The van der Waals surface area contributed by atoms with E-state index in [0.29, 0.717) is 0 Å². The highest BCUT2D eigenvalue weighted by molar-refractivity contribution is 9.10. The summed E-state index contributed by atoms with van der Waals surface area (Å²) in [4.78, 5) is 2.83. The van der Waals surface area contributed by atoms with E-state index in [4.69, 9.17) is 5.53 Å². The Morgan fingerprint density at radius 2 is 2.29 bits per heavy atom. The second-order valence-corrected chi connectivity index (χ2v) is 3.99. The molecular weight excluding hydrogens is 244 g/mol. The third-order valence-electron chi connectivity index (χ3n) is 2.36. The van der Waals surface area contributed by atoms with E-state index in [-0.39, 0.29) is 0 Å². The van der Waals surface area contributed by atoms with Crippen LogP contribution in [-0.4, -0.2) is 6.54 Å². The molecule has 14 heavy (non-hydrogen) atoms. The second kappa shape index (κ2) is 4.00. The van der Waals surface area contributed by atoms with Crippen molar-refractivity contribution in [1.82, 2.24) is 5.32 Å². The van der Waals surface area contributed by atoms with Crippen LogP contribution in [0.15, 0.2) is 21.7 Å². The van der Waals surface area contributed by atoms with E-state index in [1.165, 1.54) is 5.56 Å². The number of hydrogen-bond donors (Lipinski definition) is 1. The van der Waals surface area contributed by atoms with Gasteiger partial charge in [-0.1, -0.05) is 27.1 Å². The van der Waals surface area contributed by atoms with Crippen LogP contribution in [0.4, 0.5) is 5.69 Å². The number of nitrogens with zero attached hydrogens (tertiary/aromatic N) is 3. The average molecular weight is 253 g/mol. The topological polar surface area (TPSA) is 60.8 Å². The van der Waals surface area contributed by atoms with E-state index in [1.54, 1.807) is 0 Å². The highest BCUT2D eigenvalue weighted by atomic mass is 79.9. The molecule has 0 aliphatic carbocycles. The lowest BCUT2D eigenvalue weighted by Crippen LogP contribution is -2.23. The smallest absolute Gasteiger partial charge is 0.0423 e. The van der Waals surface area contributed by atoms with Gasteiger partial charge in [0.15, 0.2) is 0 Å². The van der Waals surface area contributed by atoms with Gasteiger partial charge in [0.2, 0.25) is 0 Å². The lowest BCUT2D eigenvalue weighted by molar-refractivity contribution is 0.642. The summed E-state index contributed by atoms with van der Waals surface area (Å²) in [6.07, 6.45) is 0.977. The van der Waals surface area contributed by atoms with Crippen LogP contribution in [0.25, 0.3) is 10.4 Å². The molecule has 2 rings (SSSR count). The third-order valence-corrected chi connectivity index (χ3v) is 3.10. The second-order valence-electron chi connectivity index (χ2n) is 3.14. The van der Waals surface area contributed by atoms with Gasteiger partial charge in [-0.2, -0.15) is 0 Å². The summed E-state index contributed by atoms with van der Waals surface area (Å²) in [7, 11) is 0. The van der Waals surface area contributed by atoms with Crippen LogP contribution in [0.1, 0.15) is 11.1 Å². The summed E-state index contributed by atoms with van der Waals surface area (Å²) in [5.74, 6) is 0. The summed E-state index contributed by atoms with van der Waals surface area (Å²) < 4.78 is 1.10. The fourth-order valence-corrected chi connectivity index (χ4v) is 2.26. The summed E-state index contributed by atoms with van der Waals surface area (Å²) in [5, 5.41) is 6.94. The Bertz CT molecular complexity index is 410. The van der Waals surface area contributed by atoms with Crippen LogP contribution in [0.5, 0.6) is 0 Å². The van der Waals surface area contributed by atoms with Gasteiger partial charge in [0.1, 0.15) is 0 Å². The minimum atomic E-state index is 0.734. The molecule has 0 amide bonds. The van der Waals surface area contributed by atoms with E-state index in [2.05, 4.69) is 31.3 Å². The fourth-order valence-electron chi connectivity index (χ4n) is 1.69. The highest BCUT2D eigenvalue weighted by Gasteiger charge is 2.14. The maximum Gasteiger partial charge on any atom is 0.0423 e. The van der Waals surface area contributed by atoms with Crippen molar-refractivity contribution in [2.45, 2.75) is 13.0 Å². The van der Waals surface area contributed by atoms with Crippen molar-refractivity contribution in [2.24, 2.45) is 5.11 Å². The van der Waals surface area contributed by atoms with Gasteiger partial charge < -0.3 is 5.32 Å². The predicted octanol–water partition coefficient (Wildman–Crippen LogP) is 3.04. The van der Waals surface area contributed by atoms with Crippen molar-refractivity contribution in [2.75, 3.05) is 6.54 Å². The maximum atomic E-state index is 8.42. The third kappa shape index (κ3) is 1.62. The number of benzene rings is 1. The van der Waals surface area contributed by atoms with Crippen molar-refractivity contribution >= 4 is 21.6 Å². The van der Waals surface area contributed by atoms with Crippen LogP contribution in [0, 0.1) is 0 Å². The quantitative estimate of drug-likeness (QED) is 0.466. The van der Waals surface area contributed by atoms with E-state index < -0.39 is 0 Å². The van der Waals surface area contributed by atoms with Crippen LogP contribution >= 0.6 is 15.9 Å². The molecule has 0 aromatic heterocycles. The maximum absolute atomic E-state index is 8.42. The van der Waals surface area contributed by atoms with Crippen LogP contribution in [-0.2, 0) is 13.0 Å². The summed E-state index contributed by atoms with van der Waals surface area (Å²) >= 11 is 3.50. The van der Waals surface area contributed by atoms with E-state index in [9.17, 15) is 0 Å². The molecule has 1 N–H and O–H groups in total. The Morgan fingerprint density at radius 3 is 3.07 bits per heavy atom. The predicted molar refractivity (Wildman–Crippen MR) is 58.4 cm³/mol. The minimum Gasteiger partial charge on any atom is -0.312 e. The molecule has 1 aromatic rings. The molecule has 1 aliphatic heterocycles. The van der Waals surface area contributed by atoms with Crippen molar-refractivity contribution in [3.05, 3.63) is 38.2 Å². The van der Waals surface area contributed by atoms with Gasteiger partial charge in [0, 0.05) is 21.6 Å². The molecule has 1 heterocycles. The van der Waals surface area contributed by atoms with Crippen molar-refractivity contribution in [3.8, 4) is 0 Å². The fraction of sp³-hybridized carbons (Fsp3) is 0.333. The highest BCUT2D eigenvalue weighted by Crippen LogP contribution is 2.31. The van der Waals surface area contributed by atoms with Crippen LogP contribution in [0.2, 0.25) is 0 Å². The molecule has 72 valence electrons. The van der Waals surface area contributed by atoms with Gasteiger partial charge in [-0.25, -0.2) is 0 Å². The molecule has 5 heteroatoms. The Morgan fingerprint density at radius 1 is 1.43 bits per heavy atom. The first-order chi connectivity index (χ1) is 6.83. The van der Waals surface area contributed by atoms with Gasteiger partial charge >= 0.3 is 0 Å². The number of hydrogen-bond acceptors (Lipinski definition) is 2. The molecule has 0 atom stereocenters. The molecule has 0 bridgehead atoms. The van der Waals surface area contributed by atoms with Crippen molar-refractivity contribution in [1.29, 1.82) is 0 Å². The summed E-state index contributed by atoms with van der Waals surface area (Å²) in [6.45, 7) is 1.76. The zero-order valence-corrected chi connectivity index (χ0v) is 9.08. The first-order valence-electron chi connectivity index (χ1n) is 4.39.